The third kappa shape index (κ3) is 6.08. The minimum absolute atomic E-state index is 0.432. The second-order valence-electron chi connectivity index (χ2n) is 9.97. The van der Waals surface area contributed by atoms with E-state index in [4.69, 9.17) is 9.47 Å². The van der Waals surface area contributed by atoms with Crippen molar-refractivity contribution in [3.05, 3.63) is 102 Å². The first-order valence-corrected chi connectivity index (χ1v) is 12.3. The van der Waals surface area contributed by atoms with Crippen molar-refractivity contribution in [3.63, 3.8) is 0 Å². The van der Waals surface area contributed by atoms with Crippen LogP contribution in [0.1, 0.15) is 55.0 Å². The standard InChI is InChI=1S/C30H31N3O5/c1-30(2,3)38-29(36)33-24(17-19-9-6-5-7-10-19)22-12-8-11-21-23(18-32-26(21)22)25(27(34)28(35)37-4)20-13-15-31-16-14-20/h5-16,18,24-25,32H,17H2,1-4H3,(H,33,36). The van der Waals surface area contributed by atoms with Crippen molar-refractivity contribution in [2.24, 2.45) is 0 Å². The molecule has 2 atom stereocenters. The van der Waals surface area contributed by atoms with Crippen LogP contribution in [0.2, 0.25) is 0 Å². The number of esters is 1. The molecular weight excluding hydrogens is 482 g/mol. The number of fused-ring (bicyclic) bond motifs is 1. The molecule has 2 aromatic carbocycles. The molecule has 0 fully saturated rings. The van der Waals surface area contributed by atoms with Crippen LogP contribution in [0.5, 0.6) is 0 Å². The first-order valence-electron chi connectivity index (χ1n) is 12.3. The monoisotopic (exact) mass is 513 g/mol. The van der Waals surface area contributed by atoms with Crippen LogP contribution in [0.15, 0.2) is 79.3 Å². The highest BCUT2D eigenvalue weighted by Crippen LogP contribution is 2.35. The predicted molar refractivity (Wildman–Crippen MR) is 144 cm³/mol. The van der Waals surface area contributed by atoms with Crippen molar-refractivity contribution >= 4 is 28.7 Å². The number of rotatable bonds is 8. The molecule has 0 radical (unpaired) electrons. The molecule has 2 N–H and O–H groups in total. The fourth-order valence-electron chi connectivity index (χ4n) is 4.51. The molecule has 0 saturated heterocycles. The fourth-order valence-corrected chi connectivity index (χ4v) is 4.51. The lowest BCUT2D eigenvalue weighted by atomic mass is 9.87. The van der Waals surface area contributed by atoms with Crippen molar-refractivity contribution in [1.82, 2.24) is 15.3 Å². The van der Waals surface area contributed by atoms with Crippen molar-refractivity contribution in [2.45, 2.75) is 44.8 Å². The van der Waals surface area contributed by atoms with Gasteiger partial charge in [-0.25, -0.2) is 9.59 Å². The Morgan fingerprint density at radius 1 is 0.947 bits per heavy atom. The van der Waals surface area contributed by atoms with Crippen molar-refractivity contribution < 1.29 is 23.9 Å². The van der Waals surface area contributed by atoms with E-state index in [0.717, 1.165) is 22.0 Å². The average Bonchev–Trinajstić information content (AvgIpc) is 3.32. The molecule has 38 heavy (non-hydrogen) atoms. The Kier molecular flexibility index (Phi) is 7.90. The number of benzene rings is 2. The summed E-state index contributed by atoms with van der Waals surface area (Å²) in [5.74, 6) is -2.50. The number of ketones is 1. The molecule has 0 saturated carbocycles. The third-order valence-electron chi connectivity index (χ3n) is 6.13. The molecular formula is C30H31N3O5. The second kappa shape index (κ2) is 11.3. The lowest BCUT2D eigenvalue weighted by molar-refractivity contribution is -0.151. The molecule has 8 heteroatoms. The predicted octanol–water partition coefficient (Wildman–Crippen LogP) is 5.25. The van der Waals surface area contributed by atoms with E-state index < -0.39 is 35.4 Å². The number of methoxy groups -OCH3 is 1. The summed E-state index contributed by atoms with van der Waals surface area (Å²) in [6.07, 6.45) is 4.87. The number of para-hydroxylation sites is 1. The van der Waals surface area contributed by atoms with Gasteiger partial charge in [0, 0.05) is 24.0 Å². The highest BCUT2D eigenvalue weighted by Gasteiger charge is 2.32. The molecule has 0 aliphatic rings. The fraction of sp³-hybridized carbons (Fsp3) is 0.267. The number of hydrogen-bond acceptors (Lipinski definition) is 6. The first-order chi connectivity index (χ1) is 18.2. The molecule has 4 aromatic rings. The molecule has 4 rings (SSSR count). The van der Waals surface area contributed by atoms with E-state index in [0.29, 0.717) is 17.5 Å². The van der Waals surface area contributed by atoms with Gasteiger partial charge in [0.15, 0.2) is 0 Å². The zero-order chi connectivity index (χ0) is 27.3. The molecule has 0 aliphatic carbocycles. The van der Waals surface area contributed by atoms with E-state index in [2.05, 4.69) is 15.3 Å². The zero-order valence-corrected chi connectivity index (χ0v) is 21.9. The second-order valence-corrected chi connectivity index (χ2v) is 9.97. The lowest BCUT2D eigenvalue weighted by Gasteiger charge is -2.24. The number of carbonyl (C=O) groups excluding carboxylic acids is 3. The van der Waals surface area contributed by atoms with Gasteiger partial charge in [-0.15, -0.1) is 0 Å². The Balaban J connectivity index is 1.80. The number of nitrogens with one attached hydrogen (secondary N) is 2. The van der Waals surface area contributed by atoms with E-state index in [9.17, 15) is 14.4 Å². The number of carbonyl (C=O) groups is 3. The number of Topliss-reactive ketones (excluding diaryl/α,β-unsaturated/α-hetero) is 1. The molecule has 0 spiro atoms. The van der Waals surface area contributed by atoms with Crippen LogP contribution in [0.25, 0.3) is 10.9 Å². The van der Waals surface area contributed by atoms with E-state index in [1.165, 1.54) is 7.11 Å². The molecule has 2 unspecified atom stereocenters. The van der Waals surface area contributed by atoms with Crippen LogP contribution in [0, 0.1) is 0 Å². The van der Waals surface area contributed by atoms with Gasteiger partial charge in [-0.3, -0.25) is 9.78 Å². The van der Waals surface area contributed by atoms with Crippen LogP contribution in [-0.2, 0) is 25.5 Å². The molecule has 196 valence electrons. The Labute approximate surface area is 221 Å². The summed E-state index contributed by atoms with van der Waals surface area (Å²) >= 11 is 0. The van der Waals surface area contributed by atoms with E-state index >= 15 is 0 Å². The Morgan fingerprint density at radius 3 is 2.32 bits per heavy atom. The molecule has 2 aromatic heterocycles. The maximum Gasteiger partial charge on any atom is 0.408 e. The molecule has 1 amide bonds. The van der Waals surface area contributed by atoms with Crippen LogP contribution >= 0.6 is 0 Å². The van der Waals surface area contributed by atoms with Crippen molar-refractivity contribution in [1.29, 1.82) is 0 Å². The quantitative estimate of drug-likeness (QED) is 0.246. The summed E-state index contributed by atoms with van der Waals surface area (Å²) in [6, 6.07) is 18.5. The summed E-state index contributed by atoms with van der Waals surface area (Å²) in [7, 11) is 1.19. The number of aromatic nitrogens is 2. The van der Waals surface area contributed by atoms with E-state index in [-0.39, 0.29) is 0 Å². The summed E-state index contributed by atoms with van der Waals surface area (Å²) in [6.45, 7) is 5.44. The highest BCUT2D eigenvalue weighted by molar-refractivity contribution is 6.37. The first kappa shape index (κ1) is 26.6. The number of pyridine rings is 1. The number of H-pyrrole nitrogens is 1. The minimum atomic E-state index is -0.925. The van der Waals surface area contributed by atoms with Crippen LogP contribution < -0.4 is 5.32 Å². The Bertz CT molecular complexity index is 1420. The number of nitrogens with zero attached hydrogens (tertiary/aromatic N) is 1. The largest absolute Gasteiger partial charge is 0.463 e. The van der Waals surface area contributed by atoms with Gasteiger partial charge in [0.25, 0.3) is 5.78 Å². The highest BCUT2D eigenvalue weighted by atomic mass is 16.6. The smallest absolute Gasteiger partial charge is 0.408 e. The summed E-state index contributed by atoms with van der Waals surface area (Å²) in [5, 5.41) is 3.78. The SMILES string of the molecule is COC(=O)C(=O)C(c1ccncc1)c1c[nH]c2c(C(Cc3ccccc3)NC(=O)OC(C)(C)C)cccc12. The van der Waals surface area contributed by atoms with Gasteiger partial charge in [-0.2, -0.15) is 0 Å². The number of hydrogen-bond donors (Lipinski definition) is 2. The number of amides is 1. The van der Waals surface area contributed by atoms with Gasteiger partial charge in [-0.1, -0.05) is 48.5 Å². The zero-order valence-electron chi connectivity index (χ0n) is 21.9. The van der Waals surface area contributed by atoms with Crippen LogP contribution in [0.3, 0.4) is 0 Å². The van der Waals surface area contributed by atoms with Gasteiger partial charge in [0.2, 0.25) is 0 Å². The van der Waals surface area contributed by atoms with Gasteiger partial charge in [0.1, 0.15) is 5.60 Å². The number of alkyl carbamates (subject to hydrolysis) is 1. The lowest BCUT2D eigenvalue weighted by Crippen LogP contribution is -2.35. The maximum atomic E-state index is 13.2. The molecule has 8 nitrogen and oxygen atoms in total. The average molecular weight is 514 g/mol. The minimum Gasteiger partial charge on any atom is -0.463 e. The topological polar surface area (TPSA) is 110 Å². The Morgan fingerprint density at radius 2 is 1.66 bits per heavy atom. The summed E-state index contributed by atoms with van der Waals surface area (Å²) in [4.78, 5) is 45.6. The normalized spacial score (nSPS) is 12.9. The van der Waals surface area contributed by atoms with Crippen molar-refractivity contribution in [3.8, 4) is 0 Å². The maximum absolute atomic E-state index is 13.2. The van der Waals surface area contributed by atoms with Crippen LogP contribution in [-0.4, -0.2) is 40.5 Å². The number of aromatic amines is 1. The summed E-state index contributed by atoms with van der Waals surface area (Å²) in [5.41, 5.74) is 3.19. The van der Waals surface area contributed by atoms with Gasteiger partial charge in [0.05, 0.1) is 24.6 Å². The third-order valence-corrected chi connectivity index (χ3v) is 6.13. The number of ether oxygens (including phenoxy) is 2. The molecule has 2 heterocycles. The summed E-state index contributed by atoms with van der Waals surface area (Å²) < 4.78 is 10.3. The molecule has 0 bridgehead atoms. The van der Waals surface area contributed by atoms with Crippen LogP contribution in [0.4, 0.5) is 4.79 Å². The van der Waals surface area contributed by atoms with Gasteiger partial charge in [-0.05, 0) is 61.6 Å². The van der Waals surface area contributed by atoms with Gasteiger partial charge < -0.3 is 19.8 Å². The molecule has 0 aliphatic heterocycles. The van der Waals surface area contributed by atoms with Gasteiger partial charge >= 0.3 is 12.1 Å². The van der Waals surface area contributed by atoms with E-state index in [1.807, 2.05) is 69.3 Å². The Hall–Kier alpha value is -4.46. The van der Waals surface area contributed by atoms with Crippen molar-refractivity contribution in [2.75, 3.05) is 7.11 Å². The van der Waals surface area contributed by atoms with E-state index in [1.54, 1.807) is 30.7 Å².